The second kappa shape index (κ2) is 5.45. The van der Waals surface area contributed by atoms with Crippen molar-refractivity contribution in [1.29, 1.82) is 0 Å². The Bertz CT molecular complexity index is 564. The van der Waals surface area contributed by atoms with E-state index in [2.05, 4.69) is 10.5 Å². The molecule has 100 valence electrons. The molecule has 0 radical (unpaired) electrons. The van der Waals surface area contributed by atoms with Gasteiger partial charge in [-0.25, -0.2) is 4.98 Å². The Balaban J connectivity index is 1.79. The molecule has 1 aliphatic carbocycles. The lowest BCUT2D eigenvalue weighted by atomic mass is 9.96. The highest BCUT2D eigenvalue weighted by molar-refractivity contribution is 5.94. The van der Waals surface area contributed by atoms with Gasteiger partial charge in [-0.05, 0) is 25.0 Å². The monoisotopic (exact) mass is 257 g/mol. The van der Waals surface area contributed by atoms with Gasteiger partial charge in [-0.15, -0.1) is 0 Å². The summed E-state index contributed by atoms with van der Waals surface area (Å²) in [5, 5.41) is 1.93. The first kappa shape index (κ1) is 12.2. The van der Waals surface area contributed by atoms with Crippen LogP contribution >= 0.6 is 0 Å². The summed E-state index contributed by atoms with van der Waals surface area (Å²) in [6, 6.07) is 8.26. The van der Waals surface area contributed by atoms with Gasteiger partial charge in [0.05, 0.1) is 0 Å². The van der Waals surface area contributed by atoms with Crippen molar-refractivity contribution in [3.05, 3.63) is 30.5 Å². The van der Waals surface area contributed by atoms with Crippen LogP contribution in [0.15, 0.2) is 30.5 Å². The standard InChI is InChI=1S/C15H19N3O/c16-15-13-7-4-8-14(12(13)9-10-17-15)19-18-11-5-2-1-3-6-11/h4,7-11,18H,1-3,5-6H2,(H2,16,17). The van der Waals surface area contributed by atoms with Gasteiger partial charge in [0.2, 0.25) is 0 Å². The number of fused-ring (bicyclic) bond motifs is 1. The van der Waals surface area contributed by atoms with E-state index < -0.39 is 0 Å². The van der Waals surface area contributed by atoms with Crippen molar-refractivity contribution >= 4 is 16.6 Å². The molecule has 1 fully saturated rings. The highest BCUT2D eigenvalue weighted by Crippen LogP contribution is 2.28. The zero-order chi connectivity index (χ0) is 13.1. The van der Waals surface area contributed by atoms with Crippen LogP contribution in [0, 0.1) is 0 Å². The molecule has 1 heterocycles. The molecule has 3 N–H and O–H groups in total. The van der Waals surface area contributed by atoms with Crippen LogP contribution in [0.2, 0.25) is 0 Å². The third kappa shape index (κ3) is 2.63. The molecular weight excluding hydrogens is 238 g/mol. The predicted octanol–water partition coefficient (Wildman–Crippen LogP) is 3.03. The third-order valence-corrected chi connectivity index (χ3v) is 3.74. The van der Waals surface area contributed by atoms with Gasteiger partial charge in [-0.2, -0.15) is 5.48 Å². The van der Waals surface area contributed by atoms with Crippen molar-refractivity contribution < 1.29 is 4.84 Å². The average molecular weight is 257 g/mol. The molecule has 0 aliphatic heterocycles. The van der Waals surface area contributed by atoms with E-state index in [1.165, 1.54) is 32.1 Å². The number of aromatic nitrogens is 1. The Morgan fingerprint density at radius 3 is 2.79 bits per heavy atom. The van der Waals surface area contributed by atoms with Gasteiger partial charge in [0, 0.05) is 23.0 Å². The van der Waals surface area contributed by atoms with Gasteiger partial charge in [0.1, 0.15) is 5.82 Å². The number of nitrogens with one attached hydrogen (secondary N) is 1. The zero-order valence-electron chi connectivity index (χ0n) is 10.9. The van der Waals surface area contributed by atoms with E-state index in [4.69, 9.17) is 10.6 Å². The molecule has 0 saturated heterocycles. The van der Waals surface area contributed by atoms with Crippen molar-refractivity contribution in [1.82, 2.24) is 10.5 Å². The molecule has 0 amide bonds. The number of hydrogen-bond acceptors (Lipinski definition) is 4. The number of rotatable bonds is 3. The maximum absolute atomic E-state index is 5.88. The normalized spacial score (nSPS) is 16.6. The van der Waals surface area contributed by atoms with Crippen molar-refractivity contribution in [2.24, 2.45) is 0 Å². The lowest BCUT2D eigenvalue weighted by Crippen LogP contribution is -2.33. The molecule has 1 aliphatic rings. The first-order valence-corrected chi connectivity index (χ1v) is 6.90. The molecular formula is C15H19N3O. The van der Waals surface area contributed by atoms with Crippen molar-refractivity contribution in [2.45, 2.75) is 38.1 Å². The number of nitrogen functional groups attached to an aromatic ring is 1. The van der Waals surface area contributed by atoms with E-state index in [9.17, 15) is 0 Å². The molecule has 0 atom stereocenters. The van der Waals surface area contributed by atoms with Crippen LogP contribution in [0.3, 0.4) is 0 Å². The molecule has 4 heteroatoms. The van der Waals surface area contributed by atoms with E-state index in [0.29, 0.717) is 11.9 Å². The number of pyridine rings is 1. The molecule has 0 spiro atoms. The number of benzene rings is 1. The van der Waals surface area contributed by atoms with Crippen LogP contribution in [0.4, 0.5) is 5.82 Å². The number of nitrogens with two attached hydrogens (primary N) is 1. The predicted molar refractivity (Wildman–Crippen MR) is 76.8 cm³/mol. The summed E-state index contributed by atoms with van der Waals surface area (Å²) in [4.78, 5) is 9.88. The van der Waals surface area contributed by atoms with E-state index in [1.54, 1.807) is 6.20 Å². The summed E-state index contributed by atoms with van der Waals surface area (Å²) >= 11 is 0. The summed E-state index contributed by atoms with van der Waals surface area (Å²) in [5.41, 5.74) is 9.07. The lowest BCUT2D eigenvalue weighted by Gasteiger charge is -2.22. The molecule has 3 rings (SSSR count). The van der Waals surface area contributed by atoms with Crippen LogP contribution in [0.1, 0.15) is 32.1 Å². The fourth-order valence-corrected chi connectivity index (χ4v) is 2.66. The molecule has 1 aromatic heterocycles. The summed E-state index contributed by atoms with van der Waals surface area (Å²) in [7, 11) is 0. The molecule has 1 aromatic carbocycles. The Kier molecular flexibility index (Phi) is 3.51. The van der Waals surface area contributed by atoms with E-state index in [1.807, 2.05) is 24.3 Å². The van der Waals surface area contributed by atoms with Gasteiger partial charge in [-0.3, -0.25) is 0 Å². The minimum absolute atomic E-state index is 0.461. The first-order chi connectivity index (χ1) is 9.34. The van der Waals surface area contributed by atoms with Gasteiger partial charge < -0.3 is 10.6 Å². The maximum Gasteiger partial charge on any atom is 0.155 e. The lowest BCUT2D eigenvalue weighted by molar-refractivity contribution is 0.135. The first-order valence-electron chi connectivity index (χ1n) is 6.90. The Labute approximate surface area is 112 Å². The molecule has 19 heavy (non-hydrogen) atoms. The van der Waals surface area contributed by atoms with Crippen molar-refractivity contribution in [3.63, 3.8) is 0 Å². The summed E-state index contributed by atoms with van der Waals surface area (Å²) < 4.78 is 0. The van der Waals surface area contributed by atoms with Gasteiger partial charge in [-0.1, -0.05) is 31.4 Å². The summed E-state index contributed by atoms with van der Waals surface area (Å²) in [5.74, 6) is 1.36. The highest BCUT2D eigenvalue weighted by atomic mass is 16.6. The van der Waals surface area contributed by atoms with E-state index in [-0.39, 0.29) is 0 Å². The summed E-state index contributed by atoms with van der Waals surface area (Å²) in [6.07, 6.45) is 8.00. The Hall–Kier alpha value is -1.81. The summed E-state index contributed by atoms with van der Waals surface area (Å²) in [6.45, 7) is 0. The number of nitrogens with zero attached hydrogens (tertiary/aromatic N) is 1. The number of anilines is 1. The minimum Gasteiger partial charge on any atom is -0.408 e. The number of hydrogen-bond donors (Lipinski definition) is 2. The molecule has 2 aromatic rings. The SMILES string of the molecule is Nc1nccc2c(ONC3CCCCC3)cccc12. The maximum atomic E-state index is 5.88. The topological polar surface area (TPSA) is 60.2 Å². The van der Waals surface area contributed by atoms with Crippen LogP contribution in [-0.4, -0.2) is 11.0 Å². The zero-order valence-corrected chi connectivity index (χ0v) is 10.9. The second-order valence-electron chi connectivity index (χ2n) is 5.10. The Morgan fingerprint density at radius 2 is 1.95 bits per heavy atom. The van der Waals surface area contributed by atoms with Crippen LogP contribution < -0.4 is 16.1 Å². The molecule has 1 saturated carbocycles. The molecule has 0 bridgehead atoms. The molecule has 4 nitrogen and oxygen atoms in total. The highest BCUT2D eigenvalue weighted by Gasteiger charge is 2.14. The fraction of sp³-hybridized carbons (Fsp3) is 0.400. The quantitative estimate of drug-likeness (QED) is 0.830. The fourth-order valence-electron chi connectivity index (χ4n) is 2.66. The smallest absolute Gasteiger partial charge is 0.155 e. The van der Waals surface area contributed by atoms with Gasteiger partial charge in [0.15, 0.2) is 5.75 Å². The number of hydroxylamine groups is 1. The molecule has 0 unspecified atom stereocenters. The van der Waals surface area contributed by atoms with Crippen LogP contribution in [0.5, 0.6) is 5.75 Å². The third-order valence-electron chi connectivity index (χ3n) is 3.74. The largest absolute Gasteiger partial charge is 0.408 e. The van der Waals surface area contributed by atoms with E-state index >= 15 is 0 Å². The van der Waals surface area contributed by atoms with Crippen molar-refractivity contribution in [2.75, 3.05) is 5.73 Å². The van der Waals surface area contributed by atoms with Gasteiger partial charge in [0.25, 0.3) is 0 Å². The van der Waals surface area contributed by atoms with Crippen molar-refractivity contribution in [3.8, 4) is 5.75 Å². The van der Waals surface area contributed by atoms with E-state index in [0.717, 1.165) is 16.5 Å². The van der Waals surface area contributed by atoms with Crippen LogP contribution in [-0.2, 0) is 0 Å². The second-order valence-corrected chi connectivity index (χ2v) is 5.10. The Morgan fingerprint density at radius 1 is 1.11 bits per heavy atom. The minimum atomic E-state index is 0.461. The average Bonchev–Trinajstić information content (AvgIpc) is 2.47. The van der Waals surface area contributed by atoms with Crippen LogP contribution in [0.25, 0.3) is 10.8 Å². The van der Waals surface area contributed by atoms with Gasteiger partial charge >= 0.3 is 0 Å².